The lowest BCUT2D eigenvalue weighted by molar-refractivity contribution is 0.102. The number of aromatic nitrogens is 4. The summed E-state index contributed by atoms with van der Waals surface area (Å²) in [4.78, 5) is 22.1. The van der Waals surface area contributed by atoms with Crippen molar-refractivity contribution in [3.05, 3.63) is 106 Å². The summed E-state index contributed by atoms with van der Waals surface area (Å²) in [5.74, 6) is 0.149. The third-order valence-corrected chi connectivity index (χ3v) is 5.60. The summed E-state index contributed by atoms with van der Waals surface area (Å²) in [6, 6.07) is 20.1. The monoisotopic (exact) mass is 473 g/mol. The Hall–Kier alpha value is -3.74. The summed E-state index contributed by atoms with van der Waals surface area (Å²) >= 11 is 12.2. The molecular weight excluding hydrogens is 457 g/mol. The van der Waals surface area contributed by atoms with Crippen LogP contribution < -0.4 is 5.32 Å². The summed E-state index contributed by atoms with van der Waals surface area (Å²) in [5, 5.41) is 9.23. The maximum Gasteiger partial charge on any atom is 0.257 e. The summed E-state index contributed by atoms with van der Waals surface area (Å²) in [7, 11) is 0. The van der Waals surface area contributed by atoms with E-state index in [1.54, 1.807) is 47.4 Å². The van der Waals surface area contributed by atoms with Gasteiger partial charge in [-0.1, -0.05) is 35.3 Å². The third-order valence-electron chi connectivity index (χ3n) is 5.11. The summed E-state index contributed by atoms with van der Waals surface area (Å²) in [6.45, 7) is 0.561. The second kappa shape index (κ2) is 9.02. The summed E-state index contributed by atoms with van der Waals surface area (Å²) < 4.78 is 1.75. The topological polar surface area (TPSA) is 72.7 Å². The van der Waals surface area contributed by atoms with Crippen molar-refractivity contribution in [2.24, 2.45) is 0 Å². The molecule has 0 fully saturated rings. The molecule has 0 aliphatic carbocycles. The van der Waals surface area contributed by atoms with Gasteiger partial charge in [0, 0.05) is 45.7 Å². The Balaban J connectivity index is 1.45. The molecule has 0 unspecified atom stereocenters. The maximum absolute atomic E-state index is 13.3. The van der Waals surface area contributed by atoms with Crippen LogP contribution in [0.5, 0.6) is 0 Å². The van der Waals surface area contributed by atoms with E-state index in [4.69, 9.17) is 23.2 Å². The molecule has 162 valence electrons. The number of hydrogen-bond donors (Lipinski definition) is 1. The van der Waals surface area contributed by atoms with Crippen LogP contribution in [0.4, 0.5) is 5.82 Å². The first kappa shape index (κ1) is 21.1. The highest BCUT2D eigenvalue weighted by molar-refractivity contribution is 6.31. The maximum atomic E-state index is 13.3. The minimum absolute atomic E-state index is 0.299. The number of carbonyl (C=O) groups excluding carboxylic acids is 1. The van der Waals surface area contributed by atoms with Crippen LogP contribution in [0.3, 0.4) is 0 Å². The first-order valence-corrected chi connectivity index (χ1v) is 10.9. The van der Waals surface area contributed by atoms with E-state index in [9.17, 15) is 4.79 Å². The van der Waals surface area contributed by atoms with Gasteiger partial charge in [-0.2, -0.15) is 5.10 Å². The van der Waals surface area contributed by atoms with Crippen LogP contribution in [0.25, 0.3) is 22.2 Å². The lowest BCUT2D eigenvalue weighted by Crippen LogP contribution is -2.14. The lowest BCUT2D eigenvalue weighted by Gasteiger charge is -2.10. The molecule has 0 radical (unpaired) electrons. The molecule has 0 aliphatic heterocycles. The van der Waals surface area contributed by atoms with Crippen molar-refractivity contribution in [2.75, 3.05) is 5.32 Å². The Morgan fingerprint density at radius 2 is 1.79 bits per heavy atom. The van der Waals surface area contributed by atoms with Gasteiger partial charge in [-0.05, 0) is 54.1 Å². The van der Waals surface area contributed by atoms with Crippen LogP contribution in [0.1, 0.15) is 15.9 Å². The van der Waals surface area contributed by atoms with Crippen LogP contribution in [0.2, 0.25) is 10.0 Å². The second-order valence-corrected chi connectivity index (χ2v) is 8.31. The highest BCUT2D eigenvalue weighted by atomic mass is 35.5. The molecule has 1 amide bonds. The number of hydrogen-bond acceptors (Lipinski definition) is 4. The molecule has 5 rings (SSSR count). The molecule has 1 N–H and O–H groups in total. The molecule has 0 bridgehead atoms. The number of nitrogens with zero attached hydrogens (tertiary/aromatic N) is 4. The van der Waals surface area contributed by atoms with Gasteiger partial charge in [-0.25, -0.2) is 4.98 Å². The zero-order valence-corrected chi connectivity index (χ0v) is 18.8. The van der Waals surface area contributed by atoms with Crippen molar-refractivity contribution < 1.29 is 4.79 Å². The molecule has 2 aromatic carbocycles. The van der Waals surface area contributed by atoms with Crippen LogP contribution >= 0.6 is 23.2 Å². The second-order valence-electron chi connectivity index (χ2n) is 7.44. The molecule has 0 spiro atoms. The van der Waals surface area contributed by atoms with E-state index in [0.29, 0.717) is 44.6 Å². The Morgan fingerprint density at radius 1 is 0.970 bits per heavy atom. The van der Waals surface area contributed by atoms with Crippen LogP contribution in [0, 0.1) is 0 Å². The van der Waals surface area contributed by atoms with E-state index in [2.05, 4.69) is 20.4 Å². The Morgan fingerprint density at radius 3 is 2.58 bits per heavy atom. The predicted octanol–water partition coefficient (Wildman–Crippen LogP) is 6.10. The van der Waals surface area contributed by atoms with Crippen molar-refractivity contribution in [3.63, 3.8) is 0 Å². The van der Waals surface area contributed by atoms with Crippen LogP contribution in [-0.4, -0.2) is 25.7 Å². The van der Waals surface area contributed by atoms with Gasteiger partial charge in [-0.3, -0.25) is 14.5 Å². The molecule has 0 atom stereocenters. The van der Waals surface area contributed by atoms with Crippen LogP contribution in [0.15, 0.2) is 85.3 Å². The average molecular weight is 474 g/mol. The molecule has 0 saturated heterocycles. The van der Waals surface area contributed by atoms with Crippen molar-refractivity contribution in [1.82, 2.24) is 19.7 Å². The fourth-order valence-electron chi connectivity index (χ4n) is 3.52. The smallest absolute Gasteiger partial charge is 0.257 e. The number of anilines is 1. The zero-order valence-electron chi connectivity index (χ0n) is 17.2. The molecule has 5 aromatic rings. The number of halogens is 2. The minimum atomic E-state index is -0.299. The van der Waals surface area contributed by atoms with Gasteiger partial charge in [0.05, 0.1) is 23.3 Å². The third kappa shape index (κ3) is 4.72. The number of carbonyl (C=O) groups is 1. The fraction of sp³-hybridized carbons (Fsp3) is 0.0400. The fourth-order valence-corrected chi connectivity index (χ4v) is 3.82. The number of fused-ring (bicyclic) bond motifs is 1. The first-order valence-electron chi connectivity index (χ1n) is 10.2. The lowest BCUT2D eigenvalue weighted by atomic mass is 10.0. The normalized spacial score (nSPS) is 11.0. The predicted molar refractivity (Wildman–Crippen MR) is 131 cm³/mol. The molecule has 8 heteroatoms. The van der Waals surface area contributed by atoms with Crippen molar-refractivity contribution in [3.8, 4) is 11.3 Å². The van der Waals surface area contributed by atoms with Crippen molar-refractivity contribution in [1.29, 1.82) is 0 Å². The van der Waals surface area contributed by atoms with E-state index in [0.717, 1.165) is 11.1 Å². The summed E-state index contributed by atoms with van der Waals surface area (Å²) in [5.41, 5.74) is 3.64. The van der Waals surface area contributed by atoms with E-state index in [1.807, 2.05) is 42.6 Å². The van der Waals surface area contributed by atoms with Gasteiger partial charge in [0.25, 0.3) is 5.91 Å². The van der Waals surface area contributed by atoms with E-state index >= 15 is 0 Å². The quantitative estimate of drug-likeness (QED) is 0.334. The average Bonchev–Trinajstić information content (AvgIpc) is 3.27. The molecule has 3 heterocycles. The van der Waals surface area contributed by atoms with Gasteiger partial charge in [0.1, 0.15) is 0 Å². The number of benzene rings is 2. The SMILES string of the molecule is O=C(Nc1ccn(Cc2ccc(Cl)cc2)n1)c1cc(-c2cccnc2)nc2ccc(Cl)cc12. The van der Waals surface area contributed by atoms with Gasteiger partial charge in [-0.15, -0.1) is 0 Å². The largest absolute Gasteiger partial charge is 0.305 e. The Labute approximate surface area is 199 Å². The summed E-state index contributed by atoms with van der Waals surface area (Å²) in [6.07, 6.45) is 5.22. The molecular formula is C25H17Cl2N5O. The van der Waals surface area contributed by atoms with E-state index < -0.39 is 0 Å². The van der Waals surface area contributed by atoms with Crippen molar-refractivity contribution in [2.45, 2.75) is 6.54 Å². The standard InChI is InChI=1S/C25H17Cl2N5O/c26-18-5-3-16(4-6-18)15-32-11-9-24(31-32)30-25(33)21-13-23(17-2-1-10-28-14-17)29-22-8-7-19(27)12-20(21)22/h1-14H,15H2,(H,30,31,33). The van der Waals surface area contributed by atoms with Gasteiger partial charge >= 0.3 is 0 Å². The minimum Gasteiger partial charge on any atom is -0.305 e. The number of rotatable bonds is 5. The Kier molecular flexibility index (Phi) is 5.77. The van der Waals surface area contributed by atoms with Gasteiger partial charge < -0.3 is 5.32 Å². The van der Waals surface area contributed by atoms with Gasteiger partial charge in [0.15, 0.2) is 5.82 Å². The number of amides is 1. The van der Waals surface area contributed by atoms with E-state index in [-0.39, 0.29) is 5.91 Å². The van der Waals surface area contributed by atoms with Crippen LogP contribution in [-0.2, 0) is 6.54 Å². The molecule has 33 heavy (non-hydrogen) atoms. The number of nitrogens with one attached hydrogen (secondary N) is 1. The van der Waals surface area contributed by atoms with Gasteiger partial charge in [0.2, 0.25) is 0 Å². The molecule has 0 saturated carbocycles. The Bertz CT molecular complexity index is 1450. The molecule has 6 nitrogen and oxygen atoms in total. The van der Waals surface area contributed by atoms with E-state index in [1.165, 1.54) is 0 Å². The van der Waals surface area contributed by atoms with Crippen molar-refractivity contribution >= 4 is 45.8 Å². The first-order chi connectivity index (χ1) is 16.0. The molecule has 0 aliphatic rings. The highest BCUT2D eigenvalue weighted by Gasteiger charge is 2.16. The molecule has 3 aromatic heterocycles. The highest BCUT2D eigenvalue weighted by Crippen LogP contribution is 2.27. The zero-order chi connectivity index (χ0) is 22.8. The number of pyridine rings is 2.